The normalized spacial score (nSPS) is 14.3. The van der Waals surface area contributed by atoms with E-state index in [0.29, 0.717) is 25.2 Å². The number of rotatable bonds is 6. The van der Waals surface area contributed by atoms with Crippen LogP contribution in [-0.2, 0) is 4.79 Å². The number of nitrogens with zero attached hydrogens (tertiary/aromatic N) is 2. The predicted molar refractivity (Wildman–Crippen MR) is 90.3 cm³/mol. The summed E-state index contributed by atoms with van der Waals surface area (Å²) >= 11 is 1.47. The molecule has 2 amide bonds. The summed E-state index contributed by atoms with van der Waals surface area (Å²) in [5, 5.41) is 5.49. The van der Waals surface area contributed by atoms with Gasteiger partial charge in [0.2, 0.25) is 5.91 Å². The fourth-order valence-corrected chi connectivity index (χ4v) is 3.40. The lowest BCUT2D eigenvalue weighted by atomic mass is 10.2. The number of carbonyl (C=O) groups is 2. The van der Waals surface area contributed by atoms with Crippen molar-refractivity contribution in [3.05, 3.63) is 41.4 Å². The SMILES string of the molecule is O=C(NCCCN1CCCC1=O)c1csc(-c2ccccc2)n1. The van der Waals surface area contributed by atoms with E-state index in [0.717, 1.165) is 30.0 Å². The van der Waals surface area contributed by atoms with E-state index < -0.39 is 0 Å². The van der Waals surface area contributed by atoms with Crippen LogP contribution in [0.15, 0.2) is 35.7 Å². The molecule has 3 rings (SSSR count). The molecule has 1 aromatic heterocycles. The number of carbonyl (C=O) groups excluding carboxylic acids is 2. The van der Waals surface area contributed by atoms with E-state index in [9.17, 15) is 9.59 Å². The second kappa shape index (κ2) is 7.37. The van der Waals surface area contributed by atoms with Gasteiger partial charge in [0.15, 0.2) is 0 Å². The molecule has 1 N–H and O–H groups in total. The fourth-order valence-electron chi connectivity index (χ4n) is 2.59. The van der Waals surface area contributed by atoms with Crippen LogP contribution in [0.5, 0.6) is 0 Å². The first kappa shape index (κ1) is 15.7. The lowest BCUT2D eigenvalue weighted by Gasteiger charge is -2.14. The molecule has 0 bridgehead atoms. The molecule has 120 valence electrons. The van der Waals surface area contributed by atoms with Crippen LogP contribution in [0.3, 0.4) is 0 Å². The van der Waals surface area contributed by atoms with Gasteiger partial charge in [0, 0.05) is 37.0 Å². The molecule has 1 aromatic carbocycles. The van der Waals surface area contributed by atoms with Gasteiger partial charge in [0.1, 0.15) is 10.7 Å². The molecule has 23 heavy (non-hydrogen) atoms. The maximum absolute atomic E-state index is 12.1. The van der Waals surface area contributed by atoms with Crippen molar-refractivity contribution in [3.8, 4) is 10.6 Å². The summed E-state index contributed by atoms with van der Waals surface area (Å²) < 4.78 is 0. The summed E-state index contributed by atoms with van der Waals surface area (Å²) in [7, 11) is 0. The highest BCUT2D eigenvalue weighted by Crippen LogP contribution is 2.23. The first-order valence-electron chi connectivity index (χ1n) is 7.81. The first-order valence-corrected chi connectivity index (χ1v) is 8.69. The van der Waals surface area contributed by atoms with Crippen LogP contribution in [-0.4, -0.2) is 41.3 Å². The zero-order valence-electron chi connectivity index (χ0n) is 12.8. The van der Waals surface area contributed by atoms with Crippen molar-refractivity contribution in [2.24, 2.45) is 0 Å². The second-order valence-corrected chi connectivity index (χ2v) is 6.36. The lowest BCUT2D eigenvalue weighted by molar-refractivity contribution is -0.127. The summed E-state index contributed by atoms with van der Waals surface area (Å²) in [5.74, 6) is 0.0690. The van der Waals surface area contributed by atoms with Gasteiger partial charge in [-0.05, 0) is 12.8 Å². The van der Waals surface area contributed by atoms with Gasteiger partial charge in [-0.1, -0.05) is 30.3 Å². The Balaban J connectivity index is 1.47. The summed E-state index contributed by atoms with van der Waals surface area (Å²) in [5.41, 5.74) is 1.47. The van der Waals surface area contributed by atoms with Crippen LogP contribution >= 0.6 is 11.3 Å². The average Bonchev–Trinajstić information content (AvgIpc) is 3.22. The zero-order valence-corrected chi connectivity index (χ0v) is 13.6. The molecular formula is C17H19N3O2S. The van der Waals surface area contributed by atoms with Crippen molar-refractivity contribution in [1.29, 1.82) is 0 Å². The number of hydrogen-bond acceptors (Lipinski definition) is 4. The maximum Gasteiger partial charge on any atom is 0.270 e. The van der Waals surface area contributed by atoms with Crippen molar-refractivity contribution in [2.75, 3.05) is 19.6 Å². The molecule has 1 aliphatic rings. The first-order chi connectivity index (χ1) is 11.2. The topological polar surface area (TPSA) is 62.3 Å². The summed E-state index contributed by atoms with van der Waals surface area (Å²) in [4.78, 5) is 29.8. The van der Waals surface area contributed by atoms with Gasteiger partial charge in [0.25, 0.3) is 5.91 Å². The molecule has 0 radical (unpaired) electrons. The van der Waals surface area contributed by atoms with Gasteiger partial charge in [-0.2, -0.15) is 0 Å². The largest absolute Gasteiger partial charge is 0.351 e. The van der Waals surface area contributed by atoms with Crippen molar-refractivity contribution in [1.82, 2.24) is 15.2 Å². The van der Waals surface area contributed by atoms with Crippen LogP contribution in [0, 0.1) is 0 Å². The minimum Gasteiger partial charge on any atom is -0.351 e. The Hall–Kier alpha value is -2.21. The van der Waals surface area contributed by atoms with Crippen LogP contribution in [0.2, 0.25) is 0 Å². The molecular weight excluding hydrogens is 310 g/mol. The lowest BCUT2D eigenvalue weighted by Crippen LogP contribution is -2.30. The highest BCUT2D eigenvalue weighted by Gasteiger charge is 2.19. The van der Waals surface area contributed by atoms with E-state index in [1.54, 1.807) is 5.38 Å². The summed E-state index contributed by atoms with van der Waals surface area (Å²) in [6, 6.07) is 9.82. The van der Waals surface area contributed by atoms with E-state index >= 15 is 0 Å². The standard InChI is InChI=1S/C17H19N3O2S/c21-15-8-4-10-20(15)11-5-9-18-16(22)14-12-23-17(19-14)13-6-2-1-3-7-13/h1-3,6-7,12H,4-5,8-11H2,(H,18,22). The van der Waals surface area contributed by atoms with E-state index in [1.165, 1.54) is 11.3 Å². The van der Waals surface area contributed by atoms with Gasteiger partial charge in [-0.15, -0.1) is 11.3 Å². The quantitative estimate of drug-likeness (QED) is 0.829. The number of benzene rings is 1. The Kier molecular flexibility index (Phi) is 5.02. The molecule has 1 fully saturated rings. The average molecular weight is 329 g/mol. The molecule has 0 aliphatic carbocycles. The molecule has 0 unspecified atom stereocenters. The minimum atomic E-state index is -0.156. The molecule has 0 spiro atoms. The Morgan fingerprint density at radius 3 is 2.87 bits per heavy atom. The maximum atomic E-state index is 12.1. The van der Waals surface area contributed by atoms with Crippen molar-refractivity contribution < 1.29 is 9.59 Å². The Morgan fingerprint density at radius 1 is 1.30 bits per heavy atom. The molecule has 6 heteroatoms. The van der Waals surface area contributed by atoms with E-state index in [2.05, 4.69) is 10.3 Å². The third kappa shape index (κ3) is 3.96. The Labute approximate surface area is 139 Å². The summed E-state index contributed by atoms with van der Waals surface area (Å²) in [6.07, 6.45) is 2.38. The number of hydrogen-bond donors (Lipinski definition) is 1. The van der Waals surface area contributed by atoms with E-state index in [-0.39, 0.29) is 11.8 Å². The van der Waals surface area contributed by atoms with Crippen LogP contribution in [0.4, 0.5) is 0 Å². The Morgan fingerprint density at radius 2 is 2.13 bits per heavy atom. The molecule has 1 aliphatic heterocycles. The number of likely N-dealkylation sites (tertiary alicyclic amines) is 1. The number of thiazole rings is 1. The third-order valence-electron chi connectivity index (χ3n) is 3.82. The Bertz CT molecular complexity index is 684. The zero-order chi connectivity index (χ0) is 16.1. The van der Waals surface area contributed by atoms with Gasteiger partial charge in [-0.25, -0.2) is 4.98 Å². The van der Waals surface area contributed by atoms with Crippen molar-refractivity contribution in [3.63, 3.8) is 0 Å². The van der Waals surface area contributed by atoms with Gasteiger partial charge >= 0.3 is 0 Å². The van der Waals surface area contributed by atoms with Crippen LogP contribution in [0.1, 0.15) is 29.8 Å². The van der Waals surface area contributed by atoms with Crippen LogP contribution < -0.4 is 5.32 Å². The van der Waals surface area contributed by atoms with E-state index in [1.807, 2.05) is 35.2 Å². The van der Waals surface area contributed by atoms with Crippen molar-refractivity contribution in [2.45, 2.75) is 19.3 Å². The van der Waals surface area contributed by atoms with Gasteiger partial charge < -0.3 is 10.2 Å². The van der Waals surface area contributed by atoms with Gasteiger partial charge in [-0.3, -0.25) is 9.59 Å². The van der Waals surface area contributed by atoms with Gasteiger partial charge in [0.05, 0.1) is 0 Å². The highest BCUT2D eigenvalue weighted by molar-refractivity contribution is 7.13. The van der Waals surface area contributed by atoms with Crippen molar-refractivity contribution >= 4 is 23.2 Å². The smallest absolute Gasteiger partial charge is 0.270 e. The second-order valence-electron chi connectivity index (χ2n) is 5.50. The number of aromatic nitrogens is 1. The number of amides is 2. The monoisotopic (exact) mass is 329 g/mol. The minimum absolute atomic E-state index is 0.156. The molecule has 2 heterocycles. The number of nitrogens with one attached hydrogen (secondary N) is 1. The molecule has 2 aromatic rings. The fraction of sp³-hybridized carbons (Fsp3) is 0.353. The predicted octanol–water partition coefficient (Wildman–Crippen LogP) is 2.55. The molecule has 5 nitrogen and oxygen atoms in total. The molecule has 0 atom stereocenters. The molecule has 0 saturated carbocycles. The van der Waals surface area contributed by atoms with E-state index in [4.69, 9.17) is 0 Å². The van der Waals surface area contributed by atoms with Crippen LogP contribution in [0.25, 0.3) is 10.6 Å². The summed E-state index contributed by atoms with van der Waals surface area (Å²) in [6.45, 7) is 2.12. The third-order valence-corrected chi connectivity index (χ3v) is 4.71. The highest BCUT2D eigenvalue weighted by atomic mass is 32.1. The molecule has 1 saturated heterocycles.